The molecule has 1 amide bonds. The Bertz CT molecular complexity index is 730. The Kier molecular flexibility index (Phi) is 4.78. The minimum Gasteiger partial charge on any atom is -0.396 e. The number of nitrogen functional groups attached to an aromatic ring is 1. The number of Topliss-reactive ketones (excluding diaryl/α,β-unsaturated/α-hetero) is 1. The number of nitrogens with one attached hydrogen (secondary N) is 1. The second-order valence-corrected chi connectivity index (χ2v) is 5.21. The number of anilines is 2. The van der Waals surface area contributed by atoms with Crippen LogP contribution in [0.5, 0.6) is 0 Å². The van der Waals surface area contributed by atoms with E-state index in [2.05, 4.69) is 5.32 Å². The van der Waals surface area contributed by atoms with Gasteiger partial charge in [0.1, 0.15) is 0 Å². The maximum atomic E-state index is 13.9. The second-order valence-electron chi connectivity index (χ2n) is 4.80. The molecular weight excluding hydrogens is 307 g/mol. The third-order valence-electron chi connectivity index (χ3n) is 3.04. The molecule has 0 radical (unpaired) electrons. The van der Waals surface area contributed by atoms with E-state index >= 15 is 0 Å². The molecule has 22 heavy (non-hydrogen) atoms. The lowest BCUT2D eigenvalue weighted by molar-refractivity contribution is -0.114. The van der Waals surface area contributed by atoms with Crippen LogP contribution in [0, 0.1) is 5.82 Å². The summed E-state index contributed by atoms with van der Waals surface area (Å²) in [5.41, 5.74) is 6.44. The standard InChI is InChI=1S/C16H14ClFN2O2/c1-9(21)20-11-4-2-10(3-5-11)8-14(22)15-12(17)6-7-13(19)16(15)18/h2-7H,8,19H2,1H3,(H,20,21). The van der Waals surface area contributed by atoms with Crippen LogP contribution in [0.15, 0.2) is 36.4 Å². The van der Waals surface area contributed by atoms with Crippen molar-refractivity contribution in [1.29, 1.82) is 0 Å². The lowest BCUT2D eigenvalue weighted by atomic mass is 10.0. The maximum Gasteiger partial charge on any atom is 0.221 e. The number of ketones is 1. The Hall–Kier alpha value is -2.40. The van der Waals surface area contributed by atoms with Crippen molar-refractivity contribution in [2.45, 2.75) is 13.3 Å². The summed E-state index contributed by atoms with van der Waals surface area (Å²) >= 11 is 5.88. The van der Waals surface area contributed by atoms with Crippen molar-refractivity contribution in [1.82, 2.24) is 0 Å². The Morgan fingerprint density at radius 2 is 1.82 bits per heavy atom. The third-order valence-corrected chi connectivity index (χ3v) is 3.35. The van der Waals surface area contributed by atoms with E-state index in [-0.39, 0.29) is 28.6 Å². The molecule has 114 valence electrons. The summed E-state index contributed by atoms with van der Waals surface area (Å²) in [5, 5.41) is 2.66. The SMILES string of the molecule is CC(=O)Nc1ccc(CC(=O)c2c(Cl)ccc(N)c2F)cc1. The van der Waals surface area contributed by atoms with Crippen molar-refractivity contribution in [2.24, 2.45) is 0 Å². The number of carbonyl (C=O) groups is 2. The number of benzene rings is 2. The minimum atomic E-state index is -0.799. The predicted molar refractivity (Wildman–Crippen MR) is 84.6 cm³/mol. The van der Waals surface area contributed by atoms with Crippen LogP contribution in [0.1, 0.15) is 22.8 Å². The molecule has 2 rings (SSSR count). The van der Waals surface area contributed by atoms with Gasteiger partial charge in [-0.1, -0.05) is 23.7 Å². The Morgan fingerprint density at radius 3 is 2.41 bits per heavy atom. The van der Waals surface area contributed by atoms with Crippen LogP contribution >= 0.6 is 11.6 Å². The largest absolute Gasteiger partial charge is 0.396 e. The maximum absolute atomic E-state index is 13.9. The molecule has 0 fully saturated rings. The van der Waals surface area contributed by atoms with Gasteiger partial charge in [0, 0.05) is 19.0 Å². The number of hydrogen-bond acceptors (Lipinski definition) is 3. The first-order valence-corrected chi connectivity index (χ1v) is 6.89. The topological polar surface area (TPSA) is 72.2 Å². The van der Waals surface area contributed by atoms with E-state index in [9.17, 15) is 14.0 Å². The lowest BCUT2D eigenvalue weighted by Gasteiger charge is -2.08. The fourth-order valence-corrected chi connectivity index (χ4v) is 2.26. The third kappa shape index (κ3) is 3.62. The molecule has 0 spiro atoms. The minimum absolute atomic E-state index is 0.0134. The smallest absolute Gasteiger partial charge is 0.221 e. The first-order chi connectivity index (χ1) is 10.4. The van der Waals surface area contributed by atoms with Gasteiger partial charge in [-0.05, 0) is 29.8 Å². The molecule has 0 aliphatic rings. The van der Waals surface area contributed by atoms with Crippen molar-refractivity contribution in [3.05, 3.63) is 58.4 Å². The van der Waals surface area contributed by atoms with Crippen LogP contribution in [-0.2, 0) is 11.2 Å². The van der Waals surface area contributed by atoms with Gasteiger partial charge >= 0.3 is 0 Å². The van der Waals surface area contributed by atoms with Crippen molar-refractivity contribution in [3.8, 4) is 0 Å². The highest BCUT2D eigenvalue weighted by molar-refractivity contribution is 6.34. The van der Waals surface area contributed by atoms with Gasteiger partial charge < -0.3 is 11.1 Å². The highest BCUT2D eigenvalue weighted by atomic mass is 35.5. The number of nitrogens with two attached hydrogens (primary N) is 1. The number of carbonyl (C=O) groups excluding carboxylic acids is 2. The van der Waals surface area contributed by atoms with E-state index in [4.69, 9.17) is 17.3 Å². The van der Waals surface area contributed by atoms with E-state index in [1.807, 2.05) is 0 Å². The summed E-state index contributed by atoms with van der Waals surface area (Å²) in [4.78, 5) is 23.2. The van der Waals surface area contributed by atoms with Crippen LogP contribution in [0.3, 0.4) is 0 Å². The predicted octanol–water partition coefficient (Wildman–Crippen LogP) is 3.45. The van der Waals surface area contributed by atoms with Gasteiger partial charge in [-0.15, -0.1) is 0 Å². The monoisotopic (exact) mass is 320 g/mol. The number of rotatable bonds is 4. The number of halogens is 2. The first-order valence-electron chi connectivity index (χ1n) is 6.51. The fourth-order valence-electron chi connectivity index (χ4n) is 2.01. The van der Waals surface area contributed by atoms with Crippen LogP contribution in [0.25, 0.3) is 0 Å². The molecule has 0 atom stereocenters. The van der Waals surface area contributed by atoms with Gasteiger partial charge in [-0.2, -0.15) is 0 Å². The van der Waals surface area contributed by atoms with Crippen molar-refractivity contribution >= 4 is 34.7 Å². The summed E-state index contributed by atoms with van der Waals surface area (Å²) in [5.74, 6) is -1.44. The number of amides is 1. The van der Waals surface area contributed by atoms with Gasteiger partial charge in [0.15, 0.2) is 11.6 Å². The zero-order chi connectivity index (χ0) is 16.3. The molecule has 4 nitrogen and oxygen atoms in total. The fraction of sp³-hybridized carbons (Fsp3) is 0.125. The van der Waals surface area contributed by atoms with Crippen molar-refractivity contribution in [2.75, 3.05) is 11.1 Å². The van der Waals surface area contributed by atoms with E-state index in [0.717, 1.165) is 0 Å². The molecule has 0 aliphatic carbocycles. The molecule has 0 heterocycles. The Balaban J connectivity index is 2.19. The molecule has 2 aromatic rings. The van der Waals surface area contributed by atoms with E-state index in [1.165, 1.54) is 19.1 Å². The molecular formula is C16H14ClFN2O2. The quantitative estimate of drug-likeness (QED) is 0.669. The summed E-state index contributed by atoms with van der Waals surface area (Å²) in [6, 6.07) is 9.41. The van der Waals surface area contributed by atoms with E-state index in [0.29, 0.717) is 11.3 Å². The number of hydrogen-bond donors (Lipinski definition) is 2. The van der Waals surface area contributed by atoms with Gasteiger partial charge in [0.2, 0.25) is 5.91 Å². The highest BCUT2D eigenvalue weighted by Crippen LogP contribution is 2.25. The van der Waals surface area contributed by atoms with Gasteiger partial charge in [-0.3, -0.25) is 9.59 Å². The van der Waals surface area contributed by atoms with Crippen molar-refractivity contribution < 1.29 is 14.0 Å². The average molecular weight is 321 g/mol. The molecule has 3 N–H and O–H groups in total. The zero-order valence-electron chi connectivity index (χ0n) is 11.8. The molecule has 0 bridgehead atoms. The van der Waals surface area contributed by atoms with E-state index < -0.39 is 11.6 Å². The highest BCUT2D eigenvalue weighted by Gasteiger charge is 2.18. The van der Waals surface area contributed by atoms with Crippen LogP contribution in [0.2, 0.25) is 5.02 Å². The summed E-state index contributed by atoms with van der Waals surface area (Å²) in [7, 11) is 0. The molecule has 0 aliphatic heterocycles. The van der Waals surface area contributed by atoms with Crippen molar-refractivity contribution in [3.63, 3.8) is 0 Å². The molecule has 6 heteroatoms. The van der Waals surface area contributed by atoms with Crippen LogP contribution < -0.4 is 11.1 Å². The normalized spacial score (nSPS) is 10.3. The molecule has 0 saturated carbocycles. The summed E-state index contributed by atoms with van der Waals surface area (Å²) in [6.07, 6.45) is -0.0134. The zero-order valence-corrected chi connectivity index (χ0v) is 12.6. The Morgan fingerprint density at radius 1 is 1.18 bits per heavy atom. The molecule has 2 aromatic carbocycles. The Labute approximate surface area is 132 Å². The van der Waals surface area contributed by atoms with Crippen LogP contribution in [-0.4, -0.2) is 11.7 Å². The van der Waals surface area contributed by atoms with Crippen LogP contribution in [0.4, 0.5) is 15.8 Å². The second kappa shape index (κ2) is 6.58. The lowest BCUT2D eigenvalue weighted by Crippen LogP contribution is -2.09. The molecule has 0 saturated heterocycles. The average Bonchev–Trinajstić information content (AvgIpc) is 2.45. The molecule has 0 aromatic heterocycles. The first kappa shape index (κ1) is 16.0. The van der Waals surface area contributed by atoms with Gasteiger partial charge in [0.05, 0.1) is 16.3 Å². The van der Waals surface area contributed by atoms with Gasteiger partial charge in [0.25, 0.3) is 0 Å². The van der Waals surface area contributed by atoms with Gasteiger partial charge in [-0.25, -0.2) is 4.39 Å². The summed E-state index contributed by atoms with van der Waals surface area (Å²) in [6.45, 7) is 1.40. The molecule has 0 unspecified atom stereocenters. The summed E-state index contributed by atoms with van der Waals surface area (Å²) < 4.78 is 13.9. The van der Waals surface area contributed by atoms with E-state index in [1.54, 1.807) is 24.3 Å².